The van der Waals surface area contributed by atoms with Crippen LogP contribution in [0.15, 0.2) is 10.5 Å². The van der Waals surface area contributed by atoms with E-state index in [2.05, 4.69) is 20.9 Å². The molecule has 0 radical (unpaired) electrons. The fraction of sp³-hybridized carbons (Fsp3) is 0.533. The monoisotopic (exact) mass is 397 g/mol. The number of nitro groups is 1. The minimum Gasteiger partial charge on any atom is -0.341 e. The predicted octanol–water partition coefficient (Wildman–Crippen LogP) is 2.79. The third kappa shape index (κ3) is 2.55. The molecule has 24 heavy (non-hydrogen) atoms. The first-order valence-corrected chi connectivity index (χ1v) is 8.78. The molecule has 2 aliphatic rings. The van der Waals surface area contributed by atoms with Gasteiger partial charge in [0.15, 0.2) is 5.52 Å². The zero-order chi connectivity index (χ0) is 17.0. The summed E-state index contributed by atoms with van der Waals surface area (Å²) >= 11 is 2.99. The average Bonchev–Trinajstić information content (AvgIpc) is 3.14. The van der Waals surface area contributed by atoms with E-state index in [0.717, 1.165) is 25.8 Å². The molecule has 4 rings (SSSR count). The summed E-state index contributed by atoms with van der Waals surface area (Å²) in [4.78, 5) is 17.4. The largest absolute Gasteiger partial charge is 0.341 e. The lowest BCUT2D eigenvalue weighted by atomic mass is 10.2. The number of halogens is 2. The average molecular weight is 398 g/mol. The molecular formula is C15H17BrFN5O2. The van der Waals surface area contributed by atoms with E-state index in [1.165, 1.54) is 6.07 Å². The van der Waals surface area contributed by atoms with Crippen LogP contribution in [-0.2, 0) is 6.54 Å². The second-order valence-corrected chi connectivity index (χ2v) is 7.40. The fourth-order valence-electron chi connectivity index (χ4n) is 3.29. The summed E-state index contributed by atoms with van der Waals surface area (Å²) in [6, 6.07) is 1.40. The molecule has 1 aromatic heterocycles. The van der Waals surface area contributed by atoms with Gasteiger partial charge >= 0.3 is 5.69 Å². The Balaban J connectivity index is 1.93. The summed E-state index contributed by atoms with van der Waals surface area (Å²) in [7, 11) is 0. The maximum Gasteiger partial charge on any atom is 0.314 e. The Bertz CT molecular complexity index is 835. The van der Waals surface area contributed by atoms with Crippen molar-refractivity contribution in [1.82, 2.24) is 9.55 Å². The molecule has 7 nitrogen and oxygen atoms in total. The lowest BCUT2D eigenvalue weighted by molar-refractivity contribution is -0.384. The summed E-state index contributed by atoms with van der Waals surface area (Å²) in [6.07, 6.45) is 3.10. The Morgan fingerprint density at radius 1 is 1.46 bits per heavy atom. The van der Waals surface area contributed by atoms with E-state index >= 15 is 0 Å². The van der Waals surface area contributed by atoms with Crippen molar-refractivity contribution in [3.8, 4) is 0 Å². The second-order valence-electron chi connectivity index (χ2n) is 6.61. The molecule has 2 aromatic rings. The van der Waals surface area contributed by atoms with E-state index in [-0.39, 0.29) is 21.7 Å². The van der Waals surface area contributed by atoms with Crippen LogP contribution >= 0.6 is 15.9 Å². The van der Waals surface area contributed by atoms with Crippen molar-refractivity contribution < 1.29 is 9.31 Å². The van der Waals surface area contributed by atoms with Gasteiger partial charge in [-0.2, -0.15) is 0 Å². The predicted molar refractivity (Wildman–Crippen MR) is 91.6 cm³/mol. The first-order valence-electron chi connectivity index (χ1n) is 7.99. The molecule has 0 unspecified atom stereocenters. The van der Waals surface area contributed by atoms with Crippen LogP contribution in [0.1, 0.15) is 19.3 Å². The number of benzene rings is 1. The van der Waals surface area contributed by atoms with Gasteiger partial charge < -0.3 is 15.2 Å². The van der Waals surface area contributed by atoms with Crippen LogP contribution in [0.25, 0.3) is 11.0 Å². The van der Waals surface area contributed by atoms with Crippen molar-refractivity contribution in [2.75, 3.05) is 18.0 Å². The zero-order valence-corrected chi connectivity index (χ0v) is 14.5. The number of imidazole rings is 1. The minimum absolute atomic E-state index is 0.0673. The minimum atomic E-state index is -0.643. The third-order valence-corrected chi connectivity index (χ3v) is 5.47. The Morgan fingerprint density at radius 2 is 2.21 bits per heavy atom. The van der Waals surface area contributed by atoms with E-state index in [9.17, 15) is 14.5 Å². The fourth-order valence-corrected chi connectivity index (χ4v) is 3.74. The first kappa shape index (κ1) is 15.8. The van der Waals surface area contributed by atoms with Gasteiger partial charge in [-0.3, -0.25) is 10.1 Å². The summed E-state index contributed by atoms with van der Waals surface area (Å²) in [5, 5.41) is 11.4. The smallest absolute Gasteiger partial charge is 0.314 e. The van der Waals surface area contributed by atoms with Gasteiger partial charge in [0.05, 0.1) is 10.4 Å². The highest BCUT2D eigenvalue weighted by atomic mass is 79.9. The molecule has 9 heteroatoms. The van der Waals surface area contributed by atoms with Gasteiger partial charge in [0.25, 0.3) is 0 Å². The van der Waals surface area contributed by atoms with Crippen molar-refractivity contribution in [2.24, 2.45) is 11.7 Å². The molecule has 128 valence electrons. The van der Waals surface area contributed by atoms with Crippen LogP contribution in [-0.4, -0.2) is 33.6 Å². The lowest BCUT2D eigenvalue weighted by Gasteiger charge is -2.19. The third-order valence-electron chi connectivity index (χ3n) is 4.72. The van der Waals surface area contributed by atoms with Gasteiger partial charge in [0, 0.05) is 31.7 Å². The standard InChI is InChI=1S/C15H17BrFN5O2/c16-12-10(17)5-11-13(14(12)22(23)24)19-15(20-4-3-9(18)7-20)21(11)6-8-1-2-8/h5,8-9H,1-4,6-7,18H2/t9-/m0/s1. The second kappa shape index (κ2) is 5.66. The van der Waals surface area contributed by atoms with Crippen molar-refractivity contribution >= 4 is 38.6 Å². The number of anilines is 1. The van der Waals surface area contributed by atoms with Crippen LogP contribution in [0.4, 0.5) is 16.0 Å². The Labute approximate surface area is 145 Å². The van der Waals surface area contributed by atoms with Crippen LogP contribution in [0, 0.1) is 21.8 Å². The maximum absolute atomic E-state index is 14.2. The summed E-state index contributed by atoms with van der Waals surface area (Å²) in [5.74, 6) is 0.546. The topological polar surface area (TPSA) is 90.2 Å². The molecule has 2 heterocycles. The number of nitrogens with zero attached hydrogens (tertiary/aromatic N) is 4. The Kier molecular flexibility index (Phi) is 3.72. The van der Waals surface area contributed by atoms with Gasteiger partial charge in [-0.25, -0.2) is 9.37 Å². The van der Waals surface area contributed by atoms with E-state index in [1.807, 2.05) is 9.47 Å². The highest BCUT2D eigenvalue weighted by Crippen LogP contribution is 2.40. The van der Waals surface area contributed by atoms with Gasteiger partial charge in [-0.1, -0.05) is 0 Å². The molecule has 0 bridgehead atoms. The Morgan fingerprint density at radius 3 is 2.79 bits per heavy atom. The Hall–Kier alpha value is -1.74. The number of rotatable bonds is 4. The first-order chi connectivity index (χ1) is 11.5. The van der Waals surface area contributed by atoms with Crippen molar-refractivity contribution in [2.45, 2.75) is 31.8 Å². The van der Waals surface area contributed by atoms with E-state index < -0.39 is 10.7 Å². The SMILES string of the molecule is N[C@H]1CCN(c2nc3c([N+](=O)[O-])c(Br)c(F)cc3n2CC2CC2)C1. The van der Waals surface area contributed by atoms with Gasteiger partial charge in [-0.05, 0) is 41.1 Å². The van der Waals surface area contributed by atoms with Crippen molar-refractivity contribution in [3.05, 3.63) is 26.5 Å². The zero-order valence-electron chi connectivity index (χ0n) is 12.9. The van der Waals surface area contributed by atoms with Crippen LogP contribution in [0.3, 0.4) is 0 Å². The van der Waals surface area contributed by atoms with Gasteiger partial charge in [0.2, 0.25) is 5.95 Å². The normalized spacial score (nSPS) is 21.0. The number of aromatic nitrogens is 2. The molecule has 0 spiro atoms. The number of nitro benzene ring substituents is 1. The molecule has 1 aliphatic heterocycles. The molecule has 1 atom stereocenters. The number of fused-ring (bicyclic) bond motifs is 1. The van der Waals surface area contributed by atoms with Crippen LogP contribution in [0.5, 0.6) is 0 Å². The van der Waals surface area contributed by atoms with E-state index in [4.69, 9.17) is 5.73 Å². The molecule has 1 saturated carbocycles. The molecule has 2 fully saturated rings. The van der Waals surface area contributed by atoms with Crippen molar-refractivity contribution in [1.29, 1.82) is 0 Å². The van der Waals surface area contributed by atoms with Crippen LogP contribution in [0.2, 0.25) is 0 Å². The number of hydrogen-bond acceptors (Lipinski definition) is 5. The quantitative estimate of drug-likeness (QED) is 0.632. The van der Waals surface area contributed by atoms with Gasteiger partial charge in [0.1, 0.15) is 10.3 Å². The molecule has 2 N–H and O–H groups in total. The van der Waals surface area contributed by atoms with E-state index in [1.54, 1.807) is 0 Å². The van der Waals surface area contributed by atoms with Crippen LogP contribution < -0.4 is 10.6 Å². The summed E-state index contributed by atoms with van der Waals surface area (Å²) in [5.41, 5.74) is 6.38. The lowest BCUT2D eigenvalue weighted by Crippen LogP contribution is -2.28. The molecular weight excluding hydrogens is 381 g/mol. The number of hydrogen-bond donors (Lipinski definition) is 1. The van der Waals surface area contributed by atoms with Crippen molar-refractivity contribution in [3.63, 3.8) is 0 Å². The van der Waals surface area contributed by atoms with Gasteiger partial charge in [-0.15, -0.1) is 0 Å². The molecule has 1 aromatic carbocycles. The molecule has 0 amide bonds. The van der Waals surface area contributed by atoms with E-state index in [0.29, 0.717) is 30.5 Å². The highest BCUT2D eigenvalue weighted by molar-refractivity contribution is 9.10. The molecule has 1 aliphatic carbocycles. The maximum atomic E-state index is 14.2. The highest BCUT2D eigenvalue weighted by Gasteiger charge is 2.32. The molecule has 1 saturated heterocycles. The summed E-state index contributed by atoms with van der Waals surface area (Å²) in [6.45, 7) is 2.12. The summed E-state index contributed by atoms with van der Waals surface area (Å²) < 4.78 is 16.0. The number of nitrogens with two attached hydrogens (primary N) is 1.